The predicted molar refractivity (Wildman–Crippen MR) is 85.1 cm³/mol. The number of benzene rings is 2. The van der Waals surface area contributed by atoms with Crippen LogP contribution in [0.15, 0.2) is 69.5 Å². The lowest BCUT2D eigenvalue weighted by molar-refractivity contribution is 0.776. The third-order valence-corrected chi connectivity index (χ3v) is 5.12. The second kappa shape index (κ2) is 4.76. The Morgan fingerprint density at radius 1 is 0.950 bits per heavy atom. The third kappa shape index (κ3) is 1.89. The molecule has 0 aliphatic carbocycles. The van der Waals surface area contributed by atoms with Crippen LogP contribution in [-0.4, -0.2) is 16.3 Å². The Hall–Kier alpha value is -1.58. The summed E-state index contributed by atoms with van der Waals surface area (Å²) in [6, 6.07) is 18.7. The Morgan fingerprint density at radius 2 is 1.70 bits per heavy atom. The predicted octanol–water partition coefficient (Wildman–Crippen LogP) is 4.30. The molecule has 2 aromatic rings. The number of hydrogen-bond donors (Lipinski definition) is 0. The van der Waals surface area contributed by atoms with E-state index in [2.05, 4.69) is 46.4 Å². The zero-order valence-electron chi connectivity index (χ0n) is 10.5. The van der Waals surface area contributed by atoms with Gasteiger partial charge in [0.25, 0.3) is 0 Å². The summed E-state index contributed by atoms with van der Waals surface area (Å²) >= 11 is 7.98. The van der Waals surface area contributed by atoms with Crippen LogP contribution in [0.4, 0.5) is 0 Å². The summed E-state index contributed by atoms with van der Waals surface area (Å²) in [4.78, 5) is 10.3. The Labute approximate surface area is 126 Å². The van der Waals surface area contributed by atoms with Crippen molar-refractivity contribution in [2.45, 2.75) is 16.2 Å². The maximum atomic E-state index is 6.15. The van der Waals surface area contributed by atoms with E-state index in [-0.39, 0.29) is 11.3 Å². The maximum Gasteiger partial charge on any atom is 0.218 e. The van der Waals surface area contributed by atoms with Crippen LogP contribution in [0.3, 0.4) is 0 Å². The molecule has 0 spiro atoms. The number of nitrogens with zero attached hydrogens (tertiary/aromatic N) is 2. The van der Waals surface area contributed by atoms with Crippen molar-refractivity contribution in [3.8, 4) is 0 Å². The van der Waals surface area contributed by atoms with E-state index < -0.39 is 0 Å². The molecule has 2 nitrogen and oxygen atoms in total. The molecule has 98 valence electrons. The van der Waals surface area contributed by atoms with Crippen molar-refractivity contribution < 1.29 is 0 Å². The van der Waals surface area contributed by atoms with E-state index in [0.29, 0.717) is 5.29 Å². The lowest BCUT2D eigenvalue weighted by Gasteiger charge is -2.22. The summed E-state index contributed by atoms with van der Waals surface area (Å²) in [7, 11) is 0. The molecule has 4 heteroatoms. The number of fused-ring (bicyclic) bond motifs is 3. The lowest BCUT2D eigenvalue weighted by Crippen LogP contribution is -2.26. The van der Waals surface area contributed by atoms with Crippen LogP contribution < -0.4 is 0 Å². The normalized spacial score (nSPS) is 23.6. The molecule has 0 N–H and O–H groups in total. The van der Waals surface area contributed by atoms with Gasteiger partial charge in [0.2, 0.25) is 5.29 Å². The van der Waals surface area contributed by atoms with Crippen molar-refractivity contribution in [2.75, 3.05) is 0 Å². The van der Waals surface area contributed by atoms with Gasteiger partial charge in [-0.1, -0.05) is 48.5 Å². The highest BCUT2D eigenvalue weighted by atomic mass is 35.5. The van der Waals surface area contributed by atoms with Crippen molar-refractivity contribution in [1.29, 1.82) is 0 Å². The summed E-state index contributed by atoms with van der Waals surface area (Å²) < 4.78 is 0. The van der Waals surface area contributed by atoms with E-state index in [1.165, 1.54) is 10.5 Å². The summed E-state index contributed by atoms with van der Waals surface area (Å²) in [5, 5.41) is 0.569. The van der Waals surface area contributed by atoms with Crippen molar-refractivity contribution >= 4 is 34.4 Å². The van der Waals surface area contributed by atoms with Crippen molar-refractivity contribution in [3.05, 3.63) is 65.7 Å². The first kappa shape index (κ1) is 12.2. The Kier molecular flexibility index (Phi) is 2.90. The molecule has 0 saturated carbocycles. The molecule has 2 unspecified atom stereocenters. The molecule has 4 rings (SSSR count). The minimum atomic E-state index is 0.0800. The Morgan fingerprint density at radius 3 is 2.55 bits per heavy atom. The molecule has 0 fully saturated rings. The minimum Gasteiger partial charge on any atom is -0.246 e. The Balaban J connectivity index is 1.83. The number of thioether (sulfide) groups is 1. The molecule has 0 bridgehead atoms. The third-order valence-electron chi connectivity index (χ3n) is 3.58. The molecular weight excluding hydrogens is 288 g/mol. The van der Waals surface area contributed by atoms with Gasteiger partial charge < -0.3 is 0 Å². The van der Waals surface area contributed by atoms with E-state index in [1.807, 2.05) is 30.0 Å². The Bertz CT molecular complexity index is 724. The van der Waals surface area contributed by atoms with Crippen LogP contribution in [0.2, 0.25) is 0 Å². The van der Waals surface area contributed by atoms with Gasteiger partial charge in [0, 0.05) is 4.90 Å². The van der Waals surface area contributed by atoms with Crippen LogP contribution in [0, 0.1) is 0 Å². The zero-order chi connectivity index (χ0) is 13.5. The van der Waals surface area contributed by atoms with E-state index in [1.54, 1.807) is 0 Å². The van der Waals surface area contributed by atoms with E-state index >= 15 is 0 Å². The molecule has 2 aromatic carbocycles. The van der Waals surface area contributed by atoms with Crippen LogP contribution >= 0.6 is 23.4 Å². The van der Waals surface area contributed by atoms with E-state index in [9.17, 15) is 0 Å². The minimum absolute atomic E-state index is 0.0800. The van der Waals surface area contributed by atoms with E-state index in [0.717, 1.165) is 11.3 Å². The molecule has 2 atom stereocenters. The highest BCUT2D eigenvalue weighted by molar-refractivity contribution is 8.01. The second-order valence-electron chi connectivity index (χ2n) is 4.78. The van der Waals surface area contributed by atoms with Crippen LogP contribution in [0.1, 0.15) is 17.2 Å². The van der Waals surface area contributed by atoms with Gasteiger partial charge in [0.05, 0.1) is 17.0 Å². The van der Waals surface area contributed by atoms with E-state index in [4.69, 9.17) is 11.6 Å². The smallest absolute Gasteiger partial charge is 0.218 e. The number of hydrogen-bond acceptors (Lipinski definition) is 3. The largest absolute Gasteiger partial charge is 0.246 e. The fourth-order valence-electron chi connectivity index (χ4n) is 2.68. The summed E-state index contributed by atoms with van der Waals surface area (Å²) in [5.74, 6) is 0. The topological polar surface area (TPSA) is 24.7 Å². The highest BCUT2D eigenvalue weighted by Crippen LogP contribution is 2.48. The molecule has 0 amide bonds. The molecule has 2 aliphatic rings. The summed E-state index contributed by atoms with van der Waals surface area (Å²) in [5.41, 5.74) is 3.40. The van der Waals surface area contributed by atoms with Crippen LogP contribution in [0.5, 0.6) is 0 Å². The first-order valence-corrected chi connectivity index (χ1v) is 7.71. The van der Waals surface area contributed by atoms with Gasteiger partial charge in [-0.3, -0.25) is 0 Å². The lowest BCUT2D eigenvalue weighted by atomic mass is 9.97. The maximum absolute atomic E-state index is 6.15. The summed E-state index contributed by atoms with van der Waals surface area (Å²) in [6.45, 7) is 0. The molecule has 0 radical (unpaired) electrons. The fraction of sp³-hybridized carbons (Fsp3) is 0.125. The van der Waals surface area contributed by atoms with Gasteiger partial charge in [0.15, 0.2) is 0 Å². The molecule has 2 heterocycles. The molecule has 20 heavy (non-hydrogen) atoms. The molecular formula is C16H11ClN2S. The first-order valence-electron chi connectivity index (χ1n) is 6.46. The average molecular weight is 299 g/mol. The zero-order valence-corrected chi connectivity index (χ0v) is 12.1. The van der Waals surface area contributed by atoms with Crippen molar-refractivity contribution in [2.24, 2.45) is 9.98 Å². The number of aliphatic imine (C=N–C) groups is 2. The first-order chi connectivity index (χ1) is 9.83. The van der Waals surface area contributed by atoms with Crippen molar-refractivity contribution in [1.82, 2.24) is 0 Å². The van der Waals surface area contributed by atoms with Gasteiger partial charge in [-0.05, 0) is 28.8 Å². The van der Waals surface area contributed by atoms with Crippen LogP contribution in [-0.2, 0) is 0 Å². The molecule has 0 aromatic heterocycles. The van der Waals surface area contributed by atoms with Gasteiger partial charge in [0.1, 0.15) is 0 Å². The second-order valence-corrected chi connectivity index (χ2v) is 6.30. The molecule has 0 saturated heterocycles. The number of halogens is 1. The monoisotopic (exact) mass is 298 g/mol. The fourth-order valence-corrected chi connectivity index (χ4v) is 4.27. The SMILES string of the molecule is ClC1=NC2c3ccccc3SC2C(c2ccccc2)=N1. The van der Waals surface area contributed by atoms with Crippen molar-refractivity contribution in [3.63, 3.8) is 0 Å². The van der Waals surface area contributed by atoms with Gasteiger partial charge in [-0.2, -0.15) is 0 Å². The van der Waals surface area contributed by atoms with Gasteiger partial charge in [-0.25, -0.2) is 9.98 Å². The average Bonchev–Trinajstić information content (AvgIpc) is 2.86. The summed E-state index contributed by atoms with van der Waals surface area (Å²) in [6.07, 6.45) is 0. The van der Waals surface area contributed by atoms with Crippen LogP contribution in [0.25, 0.3) is 0 Å². The highest BCUT2D eigenvalue weighted by Gasteiger charge is 2.39. The standard InChI is InChI=1S/C16H11ClN2S/c17-16-18-13(10-6-2-1-3-7-10)15-14(19-16)11-8-4-5-9-12(11)20-15/h1-9,14-15H. The molecule has 2 aliphatic heterocycles. The number of amidine groups is 1. The quantitative estimate of drug-likeness (QED) is 0.720. The van der Waals surface area contributed by atoms with Gasteiger partial charge in [-0.15, -0.1) is 11.8 Å². The number of rotatable bonds is 1. The van der Waals surface area contributed by atoms with Gasteiger partial charge >= 0.3 is 0 Å².